The molecule has 1 aromatic heterocycles. The van der Waals surface area contributed by atoms with Gasteiger partial charge in [-0.2, -0.15) is 0 Å². The highest BCUT2D eigenvalue weighted by Gasteiger charge is 2.51. The number of quaternary nitrogens is 1. The SMILES string of the molecule is CC[NH+](Cc1cccs1)[C@H](C)C(=O)NC(=O)NC12CC3CC(CC(C3)C1)C2. The van der Waals surface area contributed by atoms with Crippen LogP contribution in [0.2, 0.25) is 0 Å². The molecule has 0 aliphatic heterocycles. The Hall–Kier alpha value is -1.40. The molecule has 5 rings (SSSR count). The molecule has 2 atom stereocenters. The first kappa shape index (κ1) is 18.9. The molecule has 27 heavy (non-hydrogen) atoms. The summed E-state index contributed by atoms with van der Waals surface area (Å²) in [5, 5.41) is 7.94. The largest absolute Gasteiger partial charge is 0.332 e. The van der Waals surface area contributed by atoms with Crippen LogP contribution in [0.1, 0.15) is 57.2 Å². The van der Waals surface area contributed by atoms with Crippen molar-refractivity contribution in [1.82, 2.24) is 10.6 Å². The van der Waals surface area contributed by atoms with Gasteiger partial charge in [0.05, 0.1) is 11.4 Å². The van der Waals surface area contributed by atoms with Gasteiger partial charge in [-0.3, -0.25) is 10.1 Å². The zero-order chi connectivity index (χ0) is 19.0. The summed E-state index contributed by atoms with van der Waals surface area (Å²) >= 11 is 1.71. The third-order valence-electron chi connectivity index (χ3n) is 7.09. The minimum Gasteiger partial charge on any atom is -0.332 e. The third kappa shape index (κ3) is 4.06. The molecule has 3 amide bonds. The first-order valence-corrected chi connectivity index (χ1v) is 11.3. The number of hydrogen-bond donors (Lipinski definition) is 3. The fourth-order valence-electron chi connectivity index (χ4n) is 6.16. The van der Waals surface area contributed by atoms with Crippen LogP contribution in [0.4, 0.5) is 4.79 Å². The third-order valence-corrected chi connectivity index (χ3v) is 7.97. The van der Waals surface area contributed by atoms with Gasteiger partial charge in [-0.25, -0.2) is 4.79 Å². The first-order chi connectivity index (χ1) is 13.0. The Bertz CT molecular complexity index is 652. The molecule has 0 aromatic carbocycles. The fourth-order valence-corrected chi connectivity index (χ4v) is 6.92. The second-order valence-corrected chi connectivity index (χ2v) is 10.2. The summed E-state index contributed by atoms with van der Waals surface area (Å²) in [7, 11) is 0. The highest BCUT2D eigenvalue weighted by molar-refractivity contribution is 7.09. The summed E-state index contributed by atoms with van der Waals surface area (Å²) in [5.74, 6) is 2.15. The summed E-state index contributed by atoms with van der Waals surface area (Å²) in [6.45, 7) is 5.67. The van der Waals surface area contributed by atoms with Crippen molar-refractivity contribution in [2.24, 2.45) is 17.8 Å². The molecular weight excluding hydrogens is 358 g/mol. The van der Waals surface area contributed by atoms with Crippen LogP contribution in [-0.2, 0) is 11.3 Å². The van der Waals surface area contributed by atoms with Gasteiger partial charge < -0.3 is 10.2 Å². The van der Waals surface area contributed by atoms with Crippen LogP contribution in [-0.4, -0.2) is 30.1 Å². The minimum absolute atomic E-state index is 0.0589. The van der Waals surface area contributed by atoms with E-state index in [4.69, 9.17) is 0 Å². The summed E-state index contributed by atoms with van der Waals surface area (Å²) in [6, 6.07) is 3.60. The molecule has 3 N–H and O–H groups in total. The number of carbonyl (C=O) groups excluding carboxylic acids is 2. The molecule has 0 saturated heterocycles. The molecule has 4 saturated carbocycles. The second-order valence-electron chi connectivity index (χ2n) is 9.13. The van der Waals surface area contributed by atoms with Crippen LogP contribution in [0.15, 0.2) is 17.5 Å². The number of likely N-dealkylation sites (N-methyl/N-ethyl adjacent to an activating group) is 1. The molecule has 0 radical (unpaired) electrons. The Balaban J connectivity index is 1.33. The van der Waals surface area contributed by atoms with Gasteiger partial charge >= 0.3 is 6.03 Å². The van der Waals surface area contributed by atoms with Crippen molar-refractivity contribution in [1.29, 1.82) is 0 Å². The van der Waals surface area contributed by atoms with Crippen molar-refractivity contribution in [2.45, 2.75) is 70.5 Å². The van der Waals surface area contributed by atoms with Crippen LogP contribution in [0.3, 0.4) is 0 Å². The Morgan fingerprint density at radius 3 is 2.37 bits per heavy atom. The molecule has 4 bridgehead atoms. The summed E-state index contributed by atoms with van der Waals surface area (Å²) in [5.41, 5.74) is -0.0589. The van der Waals surface area contributed by atoms with Gasteiger partial charge in [0.2, 0.25) is 0 Å². The summed E-state index contributed by atoms with van der Waals surface area (Å²) in [4.78, 5) is 27.7. The van der Waals surface area contributed by atoms with Crippen LogP contribution in [0.25, 0.3) is 0 Å². The van der Waals surface area contributed by atoms with Gasteiger partial charge in [-0.05, 0) is 81.6 Å². The van der Waals surface area contributed by atoms with Gasteiger partial charge in [0.25, 0.3) is 5.91 Å². The number of urea groups is 1. The number of amides is 3. The second kappa shape index (κ2) is 7.55. The number of nitrogens with one attached hydrogen (secondary N) is 3. The van der Waals surface area contributed by atoms with Crippen molar-refractivity contribution in [3.63, 3.8) is 0 Å². The molecule has 5 nitrogen and oxygen atoms in total. The van der Waals surface area contributed by atoms with E-state index in [2.05, 4.69) is 29.0 Å². The van der Waals surface area contributed by atoms with Crippen LogP contribution in [0, 0.1) is 17.8 Å². The van der Waals surface area contributed by atoms with E-state index < -0.39 is 0 Å². The van der Waals surface area contributed by atoms with Crippen molar-refractivity contribution >= 4 is 23.3 Å². The Morgan fingerprint density at radius 2 is 1.85 bits per heavy atom. The molecule has 1 unspecified atom stereocenters. The van der Waals surface area contributed by atoms with Crippen LogP contribution < -0.4 is 15.5 Å². The summed E-state index contributed by atoms with van der Waals surface area (Å²) < 4.78 is 0. The fraction of sp³-hybridized carbons (Fsp3) is 0.714. The molecule has 0 spiro atoms. The zero-order valence-corrected chi connectivity index (χ0v) is 17.2. The standard InChI is InChI=1S/C21H31N3O2S/c1-3-24(13-18-5-4-6-27-18)14(2)19(25)22-20(26)23-21-10-15-7-16(11-21)9-17(8-15)12-21/h4-6,14-17H,3,7-13H2,1-2H3,(H2,22,23,25,26)/p+1/t14-,15?,16?,17?,21?/m1/s1. The Morgan fingerprint density at radius 1 is 1.22 bits per heavy atom. The van der Waals surface area contributed by atoms with Crippen LogP contribution in [0.5, 0.6) is 0 Å². The lowest BCUT2D eigenvalue weighted by atomic mass is 9.53. The van der Waals surface area contributed by atoms with E-state index in [1.807, 2.05) is 13.0 Å². The maximum atomic E-state index is 12.7. The van der Waals surface area contributed by atoms with E-state index in [1.54, 1.807) is 11.3 Å². The number of thiophene rings is 1. The van der Waals surface area contributed by atoms with E-state index in [-0.39, 0.29) is 23.5 Å². The van der Waals surface area contributed by atoms with E-state index in [0.717, 1.165) is 50.1 Å². The van der Waals surface area contributed by atoms with Crippen LogP contribution >= 0.6 is 11.3 Å². The smallest absolute Gasteiger partial charge is 0.322 e. The predicted octanol–water partition coefficient (Wildman–Crippen LogP) is 2.34. The van der Waals surface area contributed by atoms with Gasteiger partial charge in [-0.15, -0.1) is 11.3 Å². The quantitative estimate of drug-likeness (QED) is 0.698. The maximum absolute atomic E-state index is 12.7. The van der Waals surface area contributed by atoms with E-state index in [0.29, 0.717) is 0 Å². The van der Waals surface area contributed by atoms with Crippen molar-refractivity contribution in [3.8, 4) is 0 Å². The highest BCUT2D eigenvalue weighted by Crippen LogP contribution is 2.55. The van der Waals surface area contributed by atoms with E-state index in [9.17, 15) is 9.59 Å². The topological polar surface area (TPSA) is 62.6 Å². The predicted molar refractivity (Wildman–Crippen MR) is 107 cm³/mol. The zero-order valence-electron chi connectivity index (χ0n) is 16.4. The lowest BCUT2D eigenvalue weighted by Crippen LogP contribution is -3.15. The maximum Gasteiger partial charge on any atom is 0.322 e. The average Bonchev–Trinajstić information content (AvgIpc) is 3.10. The van der Waals surface area contributed by atoms with Gasteiger partial charge in [-0.1, -0.05) is 6.07 Å². The van der Waals surface area contributed by atoms with Gasteiger partial charge in [0, 0.05) is 5.54 Å². The molecule has 1 aromatic rings. The van der Waals surface area contributed by atoms with Crippen molar-refractivity contribution in [3.05, 3.63) is 22.4 Å². The van der Waals surface area contributed by atoms with Gasteiger partial charge in [0.15, 0.2) is 6.04 Å². The number of imide groups is 1. The molecular formula is C21H32N3O2S+. The molecule has 4 aliphatic rings. The first-order valence-electron chi connectivity index (χ1n) is 10.5. The highest BCUT2D eigenvalue weighted by atomic mass is 32.1. The molecule has 6 heteroatoms. The summed E-state index contributed by atoms with van der Waals surface area (Å²) in [6.07, 6.45) is 7.32. The Kier molecular flexibility index (Phi) is 5.30. The normalized spacial score (nSPS) is 33.5. The van der Waals surface area contributed by atoms with Crippen molar-refractivity contribution in [2.75, 3.05) is 6.54 Å². The average molecular weight is 391 g/mol. The van der Waals surface area contributed by atoms with E-state index >= 15 is 0 Å². The number of rotatable bonds is 6. The monoisotopic (exact) mass is 390 g/mol. The number of hydrogen-bond acceptors (Lipinski definition) is 3. The molecule has 4 fully saturated rings. The minimum atomic E-state index is -0.291. The van der Waals surface area contributed by atoms with E-state index in [1.165, 1.54) is 29.0 Å². The lowest BCUT2D eigenvalue weighted by molar-refractivity contribution is -0.925. The molecule has 1 heterocycles. The van der Waals surface area contributed by atoms with Crippen molar-refractivity contribution < 1.29 is 14.5 Å². The molecule has 148 valence electrons. The number of carbonyl (C=O) groups is 2. The molecule has 4 aliphatic carbocycles. The van der Waals surface area contributed by atoms with Gasteiger partial charge in [0.1, 0.15) is 6.54 Å². The lowest BCUT2D eigenvalue weighted by Gasteiger charge is -2.56. The Labute approximate surface area is 165 Å².